The van der Waals surface area contributed by atoms with Crippen LogP contribution >= 0.6 is 0 Å². The average Bonchev–Trinajstić information content (AvgIpc) is 2.94. The van der Waals surface area contributed by atoms with Crippen LogP contribution in [0.4, 0.5) is 0 Å². The molecule has 1 N–H and O–H groups in total. The zero-order chi connectivity index (χ0) is 19.6. The maximum atomic E-state index is 12.8. The predicted octanol–water partition coefficient (Wildman–Crippen LogP) is 2.47. The number of carbonyl (C=O) groups is 3. The van der Waals surface area contributed by atoms with Gasteiger partial charge in [-0.2, -0.15) is 0 Å². The van der Waals surface area contributed by atoms with Gasteiger partial charge in [0.05, 0.1) is 19.1 Å². The minimum Gasteiger partial charge on any atom is -0.464 e. The molecule has 1 amide bonds. The molecule has 1 unspecified atom stereocenters. The van der Waals surface area contributed by atoms with Crippen LogP contribution in [0.2, 0.25) is 0 Å². The van der Waals surface area contributed by atoms with Crippen LogP contribution in [0, 0.1) is 0 Å². The van der Waals surface area contributed by atoms with Gasteiger partial charge >= 0.3 is 11.9 Å². The molecule has 0 aliphatic carbocycles. The van der Waals surface area contributed by atoms with E-state index in [4.69, 9.17) is 9.47 Å². The molecule has 6 heteroatoms. The fourth-order valence-electron chi connectivity index (χ4n) is 3.47. The molecule has 0 radical (unpaired) electrons. The molecule has 140 valence electrons. The summed E-state index contributed by atoms with van der Waals surface area (Å²) in [4.78, 5) is 38.1. The summed E-state index contributed by atoms with van der Waals surface area (Å²) in [5.41, 5.74) is -1.26. The van der Waals surface area contributed by atoms with E-state index in [0.717, 1.165) is 10.8 Å². The summed E-state index contributed by atoms with van der Waals surface area (Å²) >= 11 is 0. The molecule has 0 aromatic heterocycles. The van der Waals surface area contributed by atoms with Gasteiger partial charge in [-0.1, -0.05) is 49.0 Å². The van der Waals surface area contributed by atoms with Crippen molar-refractivity contribution in [2.75, 3.05) is 13.2 Å². The summed E-state index contributed by atoms with van der Waals surface area (Å²) in [6.07, 6.45) is 0. The van der Waals surface area contributed by atoms with E-state index in [1.165, 1.54) is 0 Å². The van der Waals surface area contributed by atoms with Gasteiger partial charge in [-0.15, -0.1) is 0 Å². The highest BCUT2D eigenvalue weighted by Crippen LogP contribution is 2.42. The summed E-state index contributed by atoms with van der Waals surface area (Å²) in [6.45, 7) is 7.21. The lowest BCUT2D eigenvalue weighted by Gasteiger charge is -2.30. The fraction of sp³-hybridized carbons (Fsp3) is 0.286. The molecule has 2 aromatic carbocycles. The van der Waals surface area contributed by atoms with Crippen LogP contribution in [-0.2, 0) is 23.9 Å². The lowest BCUT2D eigenvalue weighted by atomic mass is 9.78. The van der Waals surface area contributed by atoms with Crippen molar-refractivity contribution in [2.24, 2.45) is 0 Å². The van der Waals surface area contributed by atoms with Gasteiger partial charge in [0.1, 0.15) is 0 Å². The molecular formula is C21H21NO5. The van der Waals surface area contributed by atoms with Crippen LogP contribution < -0.4 is 5.32 Å². The number of nitrogens with one attached hydrogen (secondary N) is 1. The zero-order valence-electron chi connectivity index (χ0n) is 15.3. The second-order valence-corrected chi connectivity index (χ2v) is 6.27. The molecule has 0 saturated carbocycles. The van der Waals surface area contributed by atoms with Crippen molar-refractivity contribution >= 4 is 28.6 Å². The van der Waals surface area contributed by atoms with Gasteiger partial charge in [0, 0.05) is 5.57 Å². The van der Waals surface area contributed by atoms with Crippen LogP contribution in [0.5, 0.6) is 0 Å². The number of hydrogen-bond acceptors (Lipinski definition) is 5. The number of esters is 2. The normalized spacial score (nSPS) is 18.2. The van der Waals surface area contributed by atoms with E-state index in [1.54, 1.807) is 19.9 Å². The first kappa shape index (κ1) is 18.6. The monoisotopic (exact) mass is 367 g/mol. The Morgan fingerprint density at radius 3 is 2.22 bits per heavy atom. The molecule has 1 atom stereocenters. The van der Waals surface area contributed by atoms with Crippen LogP contribution in [0.1, 0.15) is 25.3 Å². The van der Waals surface area contributed by atoms with Crippen molar-refractivity contribution in [3.63, 3.8) is 0 Å². The van der Waals surface area contributed by atoms with Gasteiger partial charge in [-0.3, -0.25) is 4.79 Å². The molecule has 1 saturated heterocycles. The molecule has 2 aromatic rings. The number of fused-ring (bicyclic) bond motifs is 1. The number of benzene rings is 2. The first-order chi connectivity index (χ1) is 13.0. The highest BCUT2D eigenvalue weighted by Gasteiger charge is 2.62. The number of rotatable bonds is 5. The molecule has 3 rings (SSSR count). The number of hydrogen-bond donors (Lipinski definition) is 1. The molecular weight excluding hydrogens is 346 g/mol. The van der Waals surface area contributed by atoms with E-state index in [1.807, 2.05) is 36.4 Å². The Labute approximate surface area is 157 Å². The smallest absolute Gasteiger partial charge is 0.344 e. The minimum absolute atomic E-state index is 0.0623. The first-order valence-corrected chi connectivity index (χ1v) is 8.80. The van der Waals surface area contributed by atoms with Crippen molar-refractivity contribution < 1.29 is 23.9 Å². The Balaban J connectivity index is 2.20. The summed E-state index contributed by atoms with van der Waals surface area (Å²) < 4.78 is 10.3. The van der Waals surface area contributed by atoms with Crippen LogP contribution in [-0.4, -0.2) is 36.6 Å². The maximum absolute atomic E-state index is 12.8. The van der Waals surface area contributed by atoms with E-state index >= 15 is 0 Å². The Hall–Kier alpha value is -3.15. The molecule has 1 fully saturated rings. The third-order valence-electron chi connectivity index (χ3n) is 4.69. The first-order valence-electron chi connectivity index (χ1n) is 8.80. The molecule has 0 spiro atoms. The van der Waals surface area contributed by atoms with Crippen molar-refractivity contribution in [2.45, 2.75) is 25.3 Å². The van der Waals surface area contributed by atoms with E-state index in [0.29, 0.717) is 5.56 Å². The summed E-state index contributed by atoms with van der Waals surface area (Å²) in [7, 11) is 0. The van der Waals surface area contributed by atoms with E-state index in [-0.39, 0.29) is 18.8 Å². The summed E-state index contributed by atoms with van der Waals surface area (Å²) in [5.74, 6) is -3.20. The lowest BCUT2D eigenvalue weighted by molar-refractivity contribution is -0.166. The highest BCUT2D eigenvalue weighted by atomic mass is 16.6. The van der Waals surface area contributed by atoms with Gasteiger partial charge < -0.3 is 14.8 Å². The average molecular weight is 367 g/mol. The van der Waals surface area contributed by atoms with Gasteiger partial charge in [0.2, 0.25) is 11.4 Å². The van der Waals surface area contributed by atoms with Gasteiger partial charge in [0.15, 0.2) is 0 Å². The maximum Gasteiger partial charge on any atom is 0.344 e. The van der Waals surface area contributed by atoms with Crippen LogP contribution in [0.3, 0.4) is 0 Å². The SMILES string of the molecule is C=C1C(=O)NC(C(=O)OCC)(C(=O)OCC)C1c1ccc2ccccc2c1. The Bertz CT molecular complexity index is 915. The van der Waals surface area contributed by atoms with Gasteiger partial charge in [-0.25, -0.2) is 9.59 Å². The molecule has 1 aliphatic rings. The van der Waals surface area contributed by atoms with E-state index in [2.05, 4.69) is 11.9 Å². The van der Waals surface area contributed by atoms with Gasteiger partial charge in [-0.05, 0) is 30.2 Å². The lowest BCUT2D eigenvalue weighted by Crippen LogP contribution is -2.59. The fourth-order valence-corrected chi connectivity index (χ4v) is 3.47. The number of amides is 1. The molecule has 27 heavy (non-hydrogen) atoms. The highest BCUT2D eigenvalue weighted by molar-refractivity contribution is 6.16. The largest absolute Gasteiger partial charge is 0.464 e. The van der Waals surface area contributed by atoms with Crippen molar-refractivity contribution in [3.05, 3.63) is 60.2 Å². The summed E-state index contributed by atoms with van der Waals surface area (Å²) in [6, 6.07) is 13.2. The zero-order valence-corrected chi connectivity index (χ0v) is 15.3. The molecule has 6 nitrogen and oxygen atoms in total. The third-order valence-corrected chi connectivity index (χ3v) is 4.69. The quantitative estimate of drug-likeness (QED) is 0.499. The molecule has 1 heterocycles. The van der Waals surface area contributed by atoms with Crippen molar-refractivity contribution in [1.82, 2.24) is 5.32 Å². The van der Waals surface area contributed by atoms with Crippen LogP contribution in [0.15, 0.2) is 54.6 Å². The Morgan fingerprint density at radius 1 is 1.04 bits per heavy atom. The second-order valence-electron chi connectivity index (χ2n) is 6.27. The number of ether oxygens (including phenoxy) is 2. The Morgan fingerprint density at radius 2 is 1.63 bits per heavy atom. The Kier molecular flexibility index (Phi) is 4.99. The standard InChI is InChI=1S/C21H21NO5/c1-4-26-19(24)21(20(25)27-5-2)17(13(3)18(23)22-21)16-11-10-14-8-6-7-9-15(14)12-16/h6-12,17H,3-5H2,1-2H3,(H,22,23). The van der Waals surface area contributed by atoms with Crippen LogP contribution in [0.25, 0.3) is 10.8 Å². The van der Waals surface area contributed by atoms with E-state index in [9.17, 15) is 14.4 Å². The minimum atomic E-state index is -1.98. The topological polar surface area (TPSA) is 81.7 Å². The summed E-state index contributed by atoms with van der Waals surface area (Å²) in [5, 5.41) is 4.42. The van der Waals surface area contributed by atoms with Crippen molar-refractivity contribution in [1.29, 1.82) is 0 Å². The van der Waals surface area contributed by atoms with Crippen molar-refractivity contribution in [3.8, 4) is 0 Å². The molecule has 1 aliphatic heterocycles. The second kappa shape index (κ2) is 7.23. The van der Waals surface area contributed by atoms with Gasteiger partial charge in [0.25, 0.3) is 0 Å². The number of carbonyl (C=O) groups excluding carboxylic acids is 3. The predicted molar refractivity (Wildman–Crippen MR) is 100.0 cm³/mol. The molecule has 0 bridgehead atoms. The van der Waals surface area contributed by atoms with E-state index < -0.39 is 29.3 Å². The third kappa shape index (κ3) is 2.97.